The fraction of sp³-hybridized carbons (Fsp3) is 0.619. The smallest absolute Gasteiger partial charge is 0.253 e. The second kappa shape index (κ2) is 9.22. The minimum absolute atomic E-state index is 0.0206. The Morgan fingerprint density at radius 3 is 2.74 bits per heavy atom. The molecule has 0 radical (unpaired) electrons. The van der Waals surface area contributed by atoms with Crippen molar-refractivity contribution in [2.75, 3.05) is 38.6 Å². The summed E-state index contributed by atoms with van der Waals surface area (Å²) in [7, 11) is 1.57. The van der Waals surface area contributed by atoms with E-state index < -0.39 is 0 Å². The Morgan fingerprint density at radius 1 is 1.30 bits per heavy atom. The fourth-order valence-electron chi connectivity index (χ4n) is 4.07. The van der Waals surface area contributed by atoms with Gasteiger partial charge in [0.05, 0.1) is 12.8 Å². The van der Waals surface area contributed by atoms with Gasteiger partial charge in [0.15, 0.2) is 0 Å². The number of piperidine rings is 1. The lowest BCUT2D eigenvalue weighted by atomic mass is 9.85. The van der Waals surface area contributed by atoms with E-state index in [2.05, 4.69) is 17.6 Å². The maximum atomic E-state index is 12.6. The van der Waals surface area contributed by atoms with E-state index in [0.29, 0.717) is 35.3 Å². The number of anilines is 1. The van der Waals surface area contributed by atoms with E-state index in [4.69, 9.17) is 4.74 Å². The highest BCUT2D eigenvalue weighted by molar-refractivity contribution is 5.98. The number of hydrogen-bond donors (Lipinski definition) is 2. The molecule has 2 aliphatic rings. The third kappa shape index (κ3) is 5.01. The largest absolute Gasteiger partial charge is 0.495 e. The summed E-state index contributed by atoms with van der Waals surface area (Å²) in [5.41, 5.74) is 1.17. The van der Waals surface area contributed by atoms with Crippen molar-refractivity contribution < 1.29 is 14.3 Å². The van der Waals surface area contributed by atoms with Gasteiger partial charge in [-0.3, -0.25) is 9.59 Å². The lowest BCUT2D eigenvalue weighted by molar-refractivity contribution is -0.117. The number of methoxy groups -OCH3 is 1. The first kappa shape index (κ1) is 19.7. The number of hydrogen-bond acceptors (Lipinski definition) is 4. The molecule has 0 spiro atoms. The van der Waals surface area contributed by atoms with Crippen LogP contribution in [0.5, 0.6) is 5.75 Å². The Bertz CT molecular complexity index is 665. The van der Waals surface area contributed by atoms with E-state index in [9.17, 15) is 9.59 Å². The Hall–Kier alpha value is -2.08. The standard InChI is InChI=1S/C21H31N3O3/c1-15(17-6-5-9-22-14-17)12-20(25)23-18-13-16(7-8-19(18)27-2)21(26)24-10-3-4-11-24/h7-8,13,15,17,22H,3-6,9-12,14H2,1-2H3,(H,23,25). The number of carbonyl (C=O) groups is 2. The van der Waals surface area contributed by atoms with E-state index in [-0.39, 0.29) is 11.8 Å². The molecule has 0 saturated carbocycles. The first-order valence-electron chi connectivity index (χ1n) is 10.1. The highest BCUT2D eigenvalue weighted by Gasteiger charge is 2.24. The summed E-state index contributed by atoms with van der Waals surface area (Å²) in [4.78, 5) is 27.1. The van der Waals surface area contributed by atoms with Crippen LogP contribution in [0.25, 0.3) is 0 Å². The van der Waals surface area contributed by atoms with Gasteiger partial charge < -0.3 is 20.3 Å². The Balaban J connectivity index is 1.65. The van der Waals surface area contributed by atoms with Gasteiger partial charge in [-0.1, -0.05) is 6.92 Å². The van der Waals surface area contributed by atoms with Crippen molar-refractivity contribution in [3.05, 3.63) is 23.8 Å². The van der Waals surface area contributed by atoms with Gasteiger partial charge in [-0.25, -0.2) is 0 Å². The zero-order chi connectivity index (χ0) is 19.2. The monoisotopic (exact) mass is 373 g/mol. The van der Waals surface area contributed by atoms with Crippen LogP contribution in [0.3, 0.4) is 0 Å². The average molecular weight is 373 g/mol. The van der Waals surface area contributed by atoms with Crippen molar-refractivity contribution in [1.82, 2.24) is 10.2 Å². The van der Waals surface area contributed by atoms with Gasteiger partial charge in [-0.15, -0.1) is 0 Å². The molecule has 2 N–H and O–H groups in total. The molecule has 3 rings (SSSR count). The number of benzene rings is 1. The molecule has 1 aromatic carbocycles. The van der Waals surface area contributed by atoms with E-state index in [0.717, 1.165) is 39.0 Å². The van der Waals surface area contributed by atoms with Crippen molar-refractivity contribution in [2.45, 2.75) is 39.0 Å². The SMILES string of the molecule is COc1ccc(C(=O)N2CCCC2)cc1NC(=O)CC(C)C1CCCNC1. The molecule has 2 amide bonds. The molecule has 2 fully saturated rings. The van der Waals surface area contributed by atoms with Crippen LogP contribution in [0.4, 0.5) is 5.69 Å². The van der Waals surface area contributed by atoms with Crippen LogP contribution >= 0.6 is 0 Å². The zero-order valence-electron chi connectivity index (χ0n) is 16.4. The second-order valence-electron chi connectivity index (χ2n) is 7.75. The fourth-order valence-corrected chi connectivity index (χ4v) is 4.07. The molecule has 2 unspecified atom stereocenters. The number of amides is 2. The molecule has 0 aromatic heterocycles. The predicted octanol–water partition coefficient (Wildman–Crippen LogP) is 2.90. The Kier molecular flexibility index (Phi) is 6.72. The molecule has 2 heterocycles. The summed E-state index contributed by atoms with van der Waals surface area (Å²) in [5.74, 6) is 1.42. The molecular weight excluding hydrogens is 342 g/mol. The first-order chi connectivity index (χ1) is 13.1. The van der Waals surface area contributed by atoms with Crippen LogP contribution < -0.4 is 15.4 Å². The highest BCUT2D eigenvalue weighted by atomic mass is 16.5. The maximum absolute atomic E-state index is 12.6. The Morgan fingerprint density at radius 2 is 2.07 bits per heavy atom. The summed E-state index contributed by atoms with van der Waals surface area (Å²) in [6.45, 7) is 5.81. The molecule has 2 atom stereocenters. The van der Waals surface area contributed by atoms with E-state index in [1.54, 1.807) is 25.3 Å². The van der Waals surface area contributed by atoms with Crippen LogP contribution in [-0.4, -0.2) is 50.0 Å². The summed E-state index contributed by atoms with van der Waals surface area (Å²) in [6.07, 6.45) is 4.92. The average Bonchev–Trinajstić information content (AvgIpc) is 3.22. The molecule has 0 bridgehead atoms. The minimum Gasteiger partial charge on any atom is -0.495 e. The number of ether oxygens (including phenoxy) is 1. The molecule has 6 nitrogen and oxygen atoms in total. The first-order valence-corrected chi connectivity index (χ1v) is 10.1. The van der Waals surface area contributed by atoms with Gasteiger partial charge in [-0.2, -0.15) is 0 Å². The van der Waals surface area contributed by atoms with E-state index in [1.165, 1.54) is 12.8 Å². The number of nitrogens with zero attached hydrogens (tertiary/aromatic N) is 1. The van der Waals surface area contributed by atoms with Crippen molar-refractivity contribution in [3.8, 4) is 5.75 Å². The van der Waals surface area contributed by atoms with Gasteiger partial charge in [0.2, 0.25) is 5.91 Å². The third-order valence-electron chi connectivity index (χ3n) is 5.76. The molecule has 27 heavy (non-hydrogen) atoms. The van der Waals surface area contributed by atoms with Crippen LogP contribution in [0, 0.1) is 11.8 Å². The molecule has 6 heteroatoms. The van der Waals surface area contributed by atoms with Crippen molar-refractivity contribution in [2.24, 2.45) is 11.8 Å². The lowest BCUT2D eigenvalue weighted by Gasteiger charge is -2.28. The topological polar surface area (TPSA) is 70.7 Å². The quantitative estimate of drug-likeness (QED) is 0.804. The lowest BCUT2D eigenvalue weighted by Crippen LogP contribution is -2.34. The third-order valence-corrected chi connectivity index (χ3v) is 5.76. The number of carbonyl (C=O) groups excluding carboxylic acids is 2. The van der Waals surface area contributed by atoms with Crippen LogP contribution in [0.2, 0.25) is 0 Å². The Labute approximate surface area is 161 Å². The molecule has 2 aliphatic heterocycles. The molecule has 148 valence electrons. The number of likely N-dealkylation sites (tertiary alicyclic amines) is 1. The zero-order valence-corrected chi connectivity index (χ0v) is 16.4. The van der Waals surface area contributed by atoms with Crippen LogP contribution in [0.15, 0.2) is 18.2 Å². The summed E-state index contributed by atoms with van der Waals surface area (Å²) < 4.78 is 5.38. The van der Waals surface area contributed by atoms with Crippen molar-refractivity contribution in [3.63, 3.8) is 0 Å². The van der Waals surface area contributed by atoms with Gasteiger partial charge in [-0.05, 0) is 68.8 Å². The normalized spacial score (nSPS) is 21.0. The maximum Gasteiger partial charge on any atom is 0.253 e. The number of nitrogens with one attached hydrogen (secondary N) is 2. The summed E-state index contributed by atoms with van der Waals surface area (Å²) >= 11 is 0. The molecule has 2 saturated heterocycles. The number of rotatable bonds is 6. The summed E-state index contributed by atoms with van der Waals surface area (Å²) in [6, 6.07) is 5.27. The van der Waals surface area contributed by atoms with Gasteiger partial charge in [0, 0.05) is 25.1 Å². The minimum atomic E-state index is -0.0304. The van der Waals surface area contributed by atoms with Crippen LogP contribution in [-0.2, 0) is 4.79 Å². The molecule has 1 aromatic rings. The van der Waals surface area contributed by atoms with Crippen LogP contribution in [0.1, 0.15) is 49.4 Å². The highest BCUT2D eigenvalue weighted by Crippen LogP contribution is 2.28. The van der Waals surface area contributed by atoms with Gasteiger partial charge in [0.25, 0.3) is 5.91 Å². The van der Waals surface area contributed by atoms with Crippen molar-refractivity contribution in [1.29, 1.82) is 0 Å². The van der Waals surface area contributed by atoms with Gasteiger partial charge >= 0.3 is 0 Å². The molecular formula is C21H31N3O3. The molecule has 0 aliphatic carbocycles. The predicted molar refractivity (Wildman–Crippen MR) is 106 cm³/mol. The van der Waals surface area contributed by atoms with E-state index >= 15 is 0 Å². The van der Waals surface area contributed by atoms with Gasteiger partial charge in [0.1, 0.15) is 5.75 Å². The summed E-state index contributed by atoms with van der Waals surface area (Å²) in [5, 5.41) is 6.37. The van der Waals surface area contributed by atoms with E-state index in [1.807, 2.05) is 4.90 Å². The van der Waals surface area contributed by atoms with Crippen molar-refractivity contribution >= 4 is 17.5 Å². The second-order valence-corrected chi connectivity index (χ2v) is 7.75.